The molecule has 0 spiro atoms. The molecule has 0 amide bonds. The van der Waals surface area contributed by atoms with Gasteiger partial charge in [0.2, 0.25) is 0 Å². The Hall–Kier alpha value is -7.29. The summed E-state index contributed by atoms with van der Waals surface area (Å²) in [5.74, 6) is -0.242. The number of rotatable bonds is 7. The van der Waals surface area contributed by atoms with E-state index in [1.54, 1.807) is 12.1 Å². The summed E-state index contributed by atoms with van der Waals surface area (Å²) in [6.07, 6.45) is 0. The Labute approximate surface area is 351 Å². The molecule has 60 heavy (non-hydrogen) atoms. The number of benzene rings is 9. The number of halogens is 1. The summed E-state index contributed by atoms with van der Waals surface area (Å²) in [6, 6.07) is 77.9. The SMILES string of the molecule is CC1(C)c2ccccc2-c2ccc(N(c3ccc4c(c3)C(c3ccccc3)(c3ccccc3)c3cccc(-c5ccc(F)cc5)c3-4)c3ccccc3-c3ccccc3)cc21. The number of para-hydroxylation sites is 1. The average Bonchev–Trinajstić information content (AvgIpc) is 3.73. The van der Waals surface area contributed by atoms with Crippen LogP contribution in [0.25, 0.3) is 44.5 Å². The van der Waals surface area contributed by atoms with Crippen LogP contribution in [0.1, 0.15) is 47.2 Å². The van der Waals surface area contributed by atoms with Crippen LogP contribution in [0.3, 0.4) is 0 Å². The third-order valence-corrected chi connectivity index (χ3v) is 13.0. The van der Waals surface area contributed by atoms with E-state index in [-0.39, 0.29) is 11.2 Å². The van der Waals surface area contributed by atoms with Crippen molar-refractivity contribution in [2.75, 3.05) is 4.90 Å². The first-order valence-electron chi connectivity index (χ1n) is 20.8. The lowest BCUT2D eigenvalue weighted by molar-refractivity contribution is 0.628. The fourth-order valence-corrected chi connectivity index (χ4v) is 10.3. The molecule has 0 heterocycles. The Kier molecular flexibility index (Phi) is 8.32. The minimum absolute atomic E-state index is 0.168. The van der Waals surface area contributed by atoms with Gasteiger partial charge in [0.1, 0.15) is 5.82 Å². The van der Waals surface area contributed by atoms with E-state index in [0.717, 1.165) is 39.3 Å². The maximum absolute atomic E-state index is 14.4. The zero-order valence-corrected chi connectivity index (χ0v) is 33.6. The molecule has 1 nitrogen and oxygen atoms in total. The lowest BCUT2D eigenvalue weighted by Gasteiger charge is -2.35. The summed E-state index contributed by atoms with van der Waals surface area (Å²) in [5, 5.41) is 0. The van der Waals surface area contributed by atoms with Gasteiger partial charge in [-0.25, -0.2) is 4.39 Å². The number of hydrogen-bond acceptors (Lipinski definition) is 1. The van der Waals surface area contributed by atoms with Crippen molar-refractivity contribution in [2.24, 2.45) is 0 Å². The molecule has 0 unspecified atom stereocenters. The minimum Gasteiger partial charge on any atom is -0.310 e. The molecule has 0 fully saturated rings. The number of anilines is 3. The lowest BCUT2D eigenvalue weighted by atomic mass is 9.67. The van der Waals surface area contributed by atoms with Crippen molar-refractivity contribution >= 4 is 17.1 Å². The molecule has 0 N–H and O–H groups in total. The molecule has 2 heteroatoms. The Morgan fingerprint density at radius 3 is 1.55 bits per heavy atom. The standard InChI is InChI=1S/C58H42FN/c1-57(2)51-26-14-12-24-48(51)49-35-33-44(37-53(49)57)60(55-28-15-13-23-46(55)39-17-6-3-7-18-39)45-34-36-50-54(38-45)58(41-19-8-4-9-20-41,42-21-10-5-11-22-42)52-27-16-25-47(56(50)52)40-29-31-43(59)32-30-40/h3-38H,1-2H3. The molecule has 0 atom stereocenters. The van der Waals surface area contributed by atoms with Gasteiger partial charge in [0.05, 0.1) is 11.1 Å². The molecule has 286 valence electrons. The first-order chi connectivity index (χ1) is 29.4. The summed E-state index contributed by atoms with van der Waals surface area (Å²) >= 11 is 0. The zero-order chi connectivity index (χ0) is 40.4. The fourth-order valence-electron chi connectivity index (χ4n) is 10.3. The summed E-state index contributed by atoms with van der Waals surface area (Å²) in [5.41, 5.74) is 19.3. The highest BCUT2D eigenvalue weighted by molar-refractivity contribution is 5.98. The normalized spacial score (nSPS) is 13.8. The van der Waals surface area contributed by atoms with Gasteiger partial charge in [-0.1, -0.05) is 190 Å². The minimum atomic E-state index is -0.647. The van der Waals surface area contributed by atoms with Gasteiger partial charge < -0.3 is 4.90 Å². The van der Waals surface area contributed by atoms with Crippen LogP contribution in [-0.4, -0.2) is 0 Å². The molecular formula is C58H42FN. The van der Waals surface area contributed by atoms with Gasteiger partial charge in [-0.15, -0.1) is 0 Å². The van der Waals surface area contributed by atoms with Gasteiger partial charge >= 0.3 is 0 Å². The van der Waals surface area contributed by atoms with Crippen molar-refractivity contribution in [2.45, 2.75) is 24.7 Å². The summed E-state index contributed by atoms with van der Waals surface area (Å²) in [6.45, 7) is 4.70. The highest BCUT2D eigenvalue weighted by Gasteiger charge is 2.47. The van der Waals surface area contributed by atoms with Gasteiger partial charge in [0.15, 0.2) is 0 Å². The summed E-state index contributed by atoms with van der Waals surface area (Å²) < 4.78 is 14.4. The van der Waals surface area contributed by atoms with Crippen molar-refractivity contribution in [3.63, 3.8) is 0 Å². The lowest BCUT2D eigenvalue weighted by Crippen LogP contribution is -2.28. The Morgan fingerprint density at radius 1 is 0.367 bits per heavy atom. The highest BCUT2D eigenvalue weighted by Crippen LogP contribution is 2.60. The van der Waals surface area contributed by atoms with Crippen molar-refractivity contribution in [1.82, 2.24) is 0 Å². The third kappa shape index (κ3) is 5.37. The van der Waals surface area contributed by atoms with Gasteiger partial charge in [0, 0.05) is 22.4 Å². The van der Waals surface area contributed by atoms with E-state index >= 15 is 0 Å². The predicted octanol–water partition coefficient (Wildman–Crippen LogP) is 15.3. The summed E-state index contributed by atoms with van der Waals surface area (Å²) in [4.78, 5) is 2.46. The molecule has 0 saturated heterocycles. The Morgan fingerprint density at radius 2 is 0.867 bits per heavy atom. The fraction of sp³-hybridized carbons (Fsp3) is 0.0690. The van der Waals surface area contributed by atoms with Gasteiger partial charge in [0.25, 0.3) is 0 Å². The zero-order valence-electron chi connectivity index (χ0n) is 33.6. The van der Waals surface area contributed by atoms with E-state index < -0.39 is 5.41 Å². The maximum atomic E-state index is 14.4. The van der Waals surface area contributed by atoms with E-state index in [4.69, 9.17) is 0 Å². The van der Waals surface area contributed by atoms with Crippen LogP contribution in [-0.2, 0) is 10.8 Å². The molecule has 9 aromatic rings. The van der Waals surface area contributed by atoms with E-state index in [1.165, 1.54) is 55.6 Å². The molecule has 0 bridgehead atoms. The second-order valence-corrected chi connectivity index (χ2v) is 16.6. The van der Waals surface area contributed by atoms with E-state index in [2.05, 4.69) is 213 Å². The topological polar surface area (TPSA) is 3.24 Å². The molecule has 2 aliphatic carbocycles. The highest BCUT2D eigenvalue weighted by atomic mass is 19.1. The number of nitrogens with zero attached hydrogens (tertiary/aromatic N) is 1. The van der Waals surface area contributed by atoms with Crippen molar-refractivity contribution in [3.8, 4) is 44.5 Å². The molecule has 0 saturated carbocycles. The second kappa shape index (κ2) is 13.9. The van der Waals surface area contributed by atoms with Crippen molar-refractivity contribution < 1.29 is 4.39 Å². The molecule has 11 rings (SSSR count). The third-order valence-electron chi connectivity index (χ3n) is 13.0. The first kappa shape index (κ1) is 35.8. The molecule has 9 aromatic carbocycles. The molecule has 0 aromatic heterocycles. The maximum Gasteiger partial charge on any atom is 0.123 e. The Balaban J connectivity index is 1.22. The predicted molar refractivity (Wildman–Crippen MR) is 247 cm³/mol. The van der Waals surface area contributed by atoms with Gasteiger partial charge in [-0.3, -0.25) is 0 Å². The van der Waals surface area contributed by atoms with Crippen LogP contribution < -0.4 is 4.90 Å². The summed E-state index contributed by atoms with van der Waals surface area (Å²) in [7, 11) is 0. The monoisotopic (exact) mass is 771 g/mol. The second-order valence-electron chi connectivity index (χ2n) is 16.6. The van der Waals surface area contributed by atoms with E-state index in [1.807, 2.05) is 12.1 Å². The molecule has 0 aliphatic heterocycles. The number of fused-ring (bicyclic) bond motifs is 6. The largest absolute Gasteiger partial charge is 0.310 e. The van der Waals surface area contributed by atoms with Crippen LogP contribution in [0.15, 0.2) is 218 Å². The first-order valence-corrected chi connectivity index (χ1v) is 20.8. The van der Waals surface area contributed by atoms with Crippen LogP contribution in [0.5, 0.6) is 0 Å². The number of hydrogen-bond donors (Lipinski definition) is 0. The molecule has 2 aliphatic rings. The molecular weight excluding hydrogens is 730 g/mol. The van der Waals surface area contributed by atoms with Crippen LogP contribution in [0.4, 0.5) is 21.5 Å². The van der Waals surface area contributed by atoms with Crippen molar-refractivity contribution in [3.05, 3.63) is 258 Å². The van der Waals surface area contributed by atoms with Crippen LogP contribution in [0, 0.1) is 5.82 Å². The van der Waals surface area contributed by atoms with Crippen LogP contribution in [0.2, 0.25) is 0 Å². The van der Waals surface area contributed by atoms with Crippen LogP contribution >= 0.6 is 0 Å². The average molecular weight is 772 g/mol. The smallest absolute Gasteiger partial charge is 0.123 e. The van der Waals surface area contributed by atoms with Crippen molar-refractivity contribution in [1.29, 1.82) is 0 Å². The van der Waals surface area contributed by atoms with E-state index in [9.17, 15) is 4.39 Å². The van der Waals surface area contributed by atoms with E-state index in [0.29, 0.717) is 0 Å². The Bertz CT molecular complexity index is 3020. The molecule has 0 radical (unpaired) electrons. The van der Waals surface area contributed by atoms with Gasteiger partial charge in [-0.2, -0.15) is 0 Å². The quantitative estimate of drug-likeness (QED) is 0.156. The van der Waals surface area contributed by atoms with Gasteiger partial charge in [-0.05, 0) is 115 Å².